The van der Waals surface area contributed by atoms with Crippen LogP contribution in [0.5, 0.6) is 0 Å². The number of piperidine rings is 1. The molecular weight excluding hydrogens is 290 g/mol. The molecule has 2 aromatic rings. The van der Waals surface area contributed by atoms with E-state index in [1.807, 2.05) is 29.6 Å². The average molecular weight is 315 g/mol. The van der Waals surface area contributed by atoms with Crippen molar-refractivity contribution >= 4 is 16.9 Å². The molecule has 1 fully saturated rings. The summed E-state index contributed by atoms with van der Waals surface area (Å²) < 4.78 is 1.90. The van der Waals surface area contributed by atoms with E-state index in [9.17, 15) is 4.79 Å². The maximum absolute atomic E-state index is 12.9. The average Bonchev–Trinajstić information content (AvgIpc) is 2.96. The first-order valence-electron chi connectivity index (χ1n) is 8.32. The van der Waals surface area contributed by atoms with E-state index < -0.39 is 0 Å². The number of fused-ring (bicyclic) bond motifs is 1. The van der Waals surface area contributed by atoms with Crippen LogP contribution in [0, 0.1) is 6.92 Å². The van der Waals surface area contributed by atoms with Crippen LogP contribution in [0.4, 0.5) is 0 Å². The number of carbonyl (C=O) groups excluding carboxylic acids is 1. The molecule has 0 aliphatic carbocycles. The summed E-state index contributed by atoms with van der Waals surface area (Å²) in [5.74, 6) is 0.0779. The lowest BCUT2D eigenvalue weighted by atomic mass is 10.0. The van der Waals surface area contributed by atoms with Crippen molar-refractivity contribution in [3.8, 4) is 0 Å². The lowest BCUT2D eigenvalue weighted by Crippen LogP contribution is -2.47. The summed E-state index contributed by atoms with van der Waals surface area (Å²) in [6.07, 6.45) is 3.96. The van der Waals surface area contributed by atoms with Crippen LogP contribution in [0.25, 0.3) is 11.0 Å². The van der Waals surface area contributed by atoms with Gasteiger partial charge in [0.2, 0.25) is 0 Å². The monoisotopic (exact) mass is 315 g/mol. The molecule has 0 spiro atoms. The van der Waals surface area contributed by atoms with Gasteiger partial charge in [-0.15, -0.1) is 0 Å². The topological polar surface area (TPSA) is 63.1 Å². The predicted molar refractivity (Wildman–Crippen MR) is 90.6 cm³/mol. The highest BCUT2D eigenvalue weighted by atomic mass is 16.2. The molecule has 1 amide bonds. The molecular formula is C17H25N5O. The van der Waals surface area contributed by atoms with Gasteiger partial charge in [0.25, 0.3) is 5.91 Å². The normalized spacial score (nSPS) is 18.8. The minimum Gasteiger partial charge on any atom is -0.337 e. The van der Waals surface area contributed by atoms with Crippen molar-refractivity contribution in [2.24, 2.45) is 0 Å². The number of likely N-dealkylation sites (N-methyl/N-ethyl adjacent to an activating group) is 1. The summed E-state index contributed by atoms with van der Waals surface area (Å²) in [5.41, 5.74) is 2.31. The van der Waals surface area contributed by atoms with Crippen LogP contribution in [-0.2, 0) is 0 Å². The van der Waals surface area contributed by atoms with Gasteiger partial charge in [-0.3, -0.25) is 4.79 Å². The van der Waals surface area contributed by atoms with Crippen LogP contribution in [-0.4, -0.2) is 51.8 Å². The van der Waals surface area contributed by atoms with Gasteiger partial charge in [0.05, 0.1) is 17.5 Å². The molecule has 2 aromatic heterocycles. The van der Waals surface area contributed by atoms with Crippen molar-refractivity contribution < 1.29 is 4.79 Å². The van der Waals surface area contributed by atoms with E-state index >= 15 is 0 Å². The molecule has 1 N–H and O–H groups in total. The fourth-order valence-electron chi connectivity index (χ4n) is 3.23. The number of hydrogen-bond acceptors (Lipinski definition) is 4. The largest absolute Gasteiger partial charge is 0.337 e. The summed E-state index contributed by atoms with van der Waals surface area (Å²) >= 11 is 0. The van der Waals surface area contributed by atoms with Gasteiger partial charge in [-0.25, -0.2) is 9.67 Å². The minimum atomic E-state index is 0.0779. The number of likely N-dealkylation sites (tertiary alicyclic amines) is 1. The van der Waals surface area contributed by atoms with Crippen molar-refractivity contribution in [2.45, 2.75) is 45.7 Å². The van der Waals surface area contributed by atoms with E-state index in [1.54, 1.807) is 6.20 Å². The zero-order chi connectivity index (χ0) is 16.6. The highest BCUT2D eigenvalue weighted by Gasteiger charge is 2.25. The molecule has 0 radical (unpaired) electrons. The van der Waals surface area contributed by atoms with Gasteiger partial charge in [0, 0.05) is 30.6 Å². The number of carbonyl (C=O) groups is 1. The second-order valence-corrected chi connectivity index (χ2v) is 6.60. The number of pyridine rings is 1. The van der Waals surface area contributed by atoms with E-state index in [1.165, 1.54) is 0 Å². The predicted octanol–water partition coefficient (Wildman–Crippen LogP) is 2.14. The molecule has 23 heavy (non-hydrogen) atoms. The molecule has 6 heteroatoms. The zero-order valence-electron chi connectivity index (χ0n) is 14.3. The van der Waals surface area contributed by atoms with Gasteiger partial charge >= 0.3 is 0 Å². The second-order valence-electron chi connectivity index (χ2n) is 6.60. The van der Waals surface area contributed by atoms with E-state index in [-0.39, 0.29) is 11.9 Å². The Morgan fingerprint density at radius 2 is 2.22 bits per heavy atom. The van der Waals surface area contributed by atoms with Crippen LogP contribution in [0.2, 0.25) is 0 Å². The fraction of sp³-hybridized carbons (Fsp3) is 0.588. The number of rotatable bonds is 3. The molecule has 3 heterocycles. The van der Waals surface area contributed by atoms with Crippen LogP contribution in [0.1, 0.15) is 48.8 Å². The number of amides is 1. The van der Waals surface area contributed by atoms with E-state index in [0.717, 1.165) is 42.7 Å². The molecule has 124 valence electrons. The molecule has 6 nitrogen and oxygen atoms in total. The highest BCUT2D eigenvalue weighted by molar-refractivity contribution is 5.98. The summed E-state index contributed by atoms with van der Waals surface area (Å²) in [4.78, 5) is 19.5. The first-order chi connectivity index (χ1) is 11.0. The van der Waals surface area contributed by atoms with Crippen molar-refractivity contribution in [2.75, 3.05) is 20.1 Å². The number of aryl methyl sites for hydroxylation is 1. The number of hydrogen-bond donors (Lipinski definition) is 1. The maximum Gasteiger partial charge on any atom is 0.255 e. The maximum atomic E-state index is 12.9. The zero-order valence-corrected chi connectivity index (χ0v) is 14.3. The number of nitrogens with zero attached hydrogens (tertiary/aromatic N) is 4. The summed E-state index contributed by atoms with van der Waals surface area (Å²) in [6, 6.07) is 2.57. The molecule has 3 rings (SSSR count). The summed E-state index contributed by atoms with van der Waals surface area (Å²) in [6.45, 7) is 7.64. The Bertz CT molecular complexity index is 721. The molecule has 1 aliphatic rings. The van der Waals surface area contributed by atoms with Crippen LogP contribution in [0.3, 0.4) is 0 Å². The van der Waals surface area contributed by atoms with Gasteiger partial charge in [-0.1, -0.05) is 0 Å². The second kappa shape index (κ2) is 6.28. The lowest BCUT2D eigenvalue weighted by Gasteiger charge is -2.32. The smallest absolute Gasteiger partial charge is 0.255 e. The molecule has 1 aliphatic heterocycles. The van der Waals surface area contributed by atoms with Crippen LogP contribution in [0.15, 0.2) is 12.3 Å². The van der Waals surface area contributed by atoms with Crippen molar-refractivity contribution in [3.05, 3.63) is 23.5 Å². The molecule has 0 aromatic carbocycles. The fourth-order valence-corrected chi connectivity index (χ4v) is 3.23. The van der Waals surface area contributed by atoms with Gasteiger partial charge in [-0.2, -0.15) is 5.10 Å². The van der Waals surface area contributed by atoms with E-state index in [4.69, 9.17) is 0 Å². The Morgan fingerprint density at radius 3 is 2.91 bits per heavy atom. The van der Waals surface area contributed by atoms with Crippen LogP contribution < -0.4 is 5.32 Å². The number of nitrogens with one attached hydrogen (secondary N) is 1. The van der Waals surface area contributed by atoms with Gasteiger partial charge in [0.15, 0.2) is 5.65 Å². The third-order valence-electron chi connectivity index (χ3n) is 4.60. The molecule has 1 atom stereocenters. The Balaban J connectivity index is 1.93. The quantitative estimate of drug-likeness (QED) is 0.942. The van der Waals surface area contributed by atoms with Gasteiger partial charge in [0.1, 0.15) is 0 Å². The van der Waals surface area contributed by atoms with E-state index in [0.29, 0.717) is 11.6 Å². The Morgan fingerprint density at radius 1 is 1.43 bits per heavy atom. The van der Waals surface area contributed by atoms with Gasteiger partial charge in [-0.05, 0) is 46.7 Å². The van der Waals surface area contributed by atoms with Crippen LogP contribution >= 0.6 is 0 Å². The molecule has 0 bridgehead atoms. The van der Waals surface area contributed by atoms with Crippen molar-refractivity contribution in [1.29, 1.82) is 0 Å². The number of aromatic nitrogens is 3. The Hall–Kier alpha value is -1.95. The third-order valence-corrected chi connectivity index (χ3v) is 4.60. The standard InChI is InChI=1S/C17H25N5O/c1-11(2)22-16-13(9-19-22)8-15(12(3)20-16)17(23)21-7-5-6-14(10-21)18-4/h8-9,11,14,18H,5-7,10H2,1-4H3/t14-/m1/s1. The first-order valence-corrected chi connectivity index (χ1v) is 8.32. The summed E-state index contributed by atoms with van der Waals surface area (Å²) in [7, 11) is 1.96. The lowest BCUT2D eigenvalue weighted by molar-refractivity contribution is 0.0697. The third kappa shape index (κ3) is 2.95. The van der Waals surface area contributed by atoms with E-state index in [2.05, 4.69) is 29.2 Å². The molecule has 0 unspecified atom stereocenters. The van der Waals surface area contributed by atoms with Crippen molar-refractivity contribution in [1.82, 2.24) is 25.0 Å². The minimum absolute atomic E-state index is 0.0779. The summed E-state index contributed by atoms with van der Waals surface area (Å²) in [5, 5.41) is 8.60. The molecule has 0 saturated carbocycles. The highest BCUT2D eigenvalue weighted by Crippen LogP contribution is 2.21. The van der Waals surface area contributed by atoms with Gasteiger partial charge < -0.3 is 10.2 Å². The SMILES string of the molecule is CN[C@@H]1CCCN(C(=O)c2cc3cnn(C(C)C)c3nc2C)C1. The Labute approximate surface area is 136 Å². The van der Waals surface area contributed by atoms with Crippen molar-refractivity contribution in [3.63, 3.8) is 0 Å². The first kappa shape index (κ1) is 15.9. The molecule has 1 saturated heterocycles. The Kier molecular flexibility index (Phi) is 4.35.